The Kier molecular flexibility index (Phi) is 4.54. The standard InChI is InChI=1S/C10H9ClF2OS/c11-10(12,13)7-6-9(14)15-8-4-2-1-3-5-8/h1-5H,6-7H2. The average molecular weight is 251 g/mol. The number of carbonyl (C=O) groups is 1. The second-order valence-corrected chi connectivity index (χ2v) is 4.59. The van der Waals surface area contributed by atoms with Crippen molar-refractivity contribution in [2.75, 3.05) is 0 Å². The van der Waals surface area contributed by atoms with Gasteiger partial charge in [-0.15, -0.1) is 0 Å². The second-order valence-electron chi connectivity index (χ2n) is 2.90. The van der Waals surface area contributed by atoms with Crippen LogP contribution in [0.5, 0.6) is 0 Å². The molecular formula is C10H9ClF2OS. The first kappa shape index (κ1) is 12.5. The summed E-state index contributed by atoms with van der Waals surface area (Å²) in [4.78, 5) is 12.0. The summed E-state index contributed by atoms with van der Waals surface area (Å²) in [5, 5.41) is -3.59. The molecule has 0 heterocycles. The highest BCUT2D eigenvalue weighted by Gasteiger charge is 2.25. The highest BCUT2D eigenvalue weighted by atomic mass is 35.5. The van der Waals surface area contributed by atoms with Gasteiger partial charge < -0.3 is 0 Å². The monoisotopic (exact) mass is 250 g/mol. The lowest BCUT2D eigenvalue weighted by Crippen LogP contribution is -2.07. The Morgan fingerprint density at radius 1 is 1.33 bits per heavy atom. The van der Waals surface area contributed by atoms with Crippen LogP contribution in [-0.2, 0) is 4.79 Å². The van der Waals surface area contributed by atoms with E-state index in [-0.39, 0.29) is 11.5 Å². The molecule has 0 atom stereocenters. The molecule has 0 saturated carbocycles. The number of thioether (sulfide) groups is 1. The van der Waals surface area contributed by atoms with E-state index in [0.29, 0.717) is 0 Å². The molecule has 0 fully saturated rings. The number of halogens is 3. The molecule has 0 amide bonds. The zero-order valence-electron chi connectivity index (χ0n) is 7.75. The quantitative estimate of drug-likeness (QED) is 0.595. The molecule has 0 aliphatic heterocycles. The van der Waals surface area contributed by atoms with E-state index in [1.54, 1.807) is 24.3 Å². The predicted octanol–water partition coefficient (Wildman–Crippen LogP) is 3.92. The summed E-state index contributed by atoms with van der Waals surface area (Å²) in [5.41, 5.74) is 0. The smallest absolute Gasteiger partial charge is 0.287 e. The van der Waals surface area contributed by atoms with E-state index in [0.717, 1.165) is 16.7 Å². The van der Waals surface area contributed by atoms with Crippen molar-refractivity contribution in [1.82, 2.24) is 0 Å². The van der Waals surface area contributed by atoms with E-state index >= 15 is 0 Å². The van der Waals surface area contributed by atoms with Gasteiger partial charge in [-0.05, 0) is 23.7 Å². The fourth-order valence-electron chi connectivity index (χ4n) is 0.915. The molecule has 0 saturated heterocycles. The molecular weight excluding hydrogens is 242 g/mol. The summed E-state index contributed by atoms with van der Waals surface area (Å²) in [7, 11) is 0. The van der Waals surface area contributed by atoms with Crippen molar-refractivity contribution in [2.24, 2.45) is 0 Å². The van der Waals surface area contributed by atoms with Crippen LogP contribution < -0.4 is 0 Å². The summed E-state index contributed by atoms with van der Waals surface area (Å²) < 4.78 is 24.5. The first-order valence-electron chi connectivity index (χ1n) is 4.30. The van der Waals surface area contributed by atoms with Gasteiger partial charge in [0.25, 0.3) is 0 Å². The van der Waals surface area contributed by atoms with Gasteiger partial charge in [0, 0.05) is 17.7 Å². The molecule has 1 aromatic carbocycles. The first-order valence-corrected chi connectivity index (χ1v) is 5.49. The fraction of sp³-hybridized carbons (Fsp3) is 0.300. The molecule has 0 aliphatic carbocycles. The third-order valence-electron chi connectivity index (χ3n) is 1.59. The molecule has 15 heavy (non-hydrogen) atoms. The molecule has 0 unspecified atom stereocenters. The van der Waals surface area contributed by atoms with Crippen LogP contribution >= 0.6 is 23.4 Å². The highest BCUT2D eigenvalue weighted by Crippen LogP contribution is 2.28. The Balaban J connectivity index is 2.38. The third-order valence-corrected chi connectivity index (χ3v) is 2.72. The lowest BCUT2D eigenvalue weighted by molar-refractivity contribution is -0.111. The number of hydrogen-bond donors (Lipinski definition) is 0. The number of rotatable bonds is 4. The van der Waals surface area contributed by atoms with Gasteiger partial charge in [-0.3, -0.25) is 4.79 Å². The lowest BCUT2D eigenvalue weighted by Gasteiger charge is -2.05. The molecule has 5 heteroatoms. The zero-order valence-corrected chi connectivity index (χ0v) is 9.32. The number of hydrogen-bond acceptors (Lipinski definition) is 2. The highest BCUT2D eigenvalue weighted by molar-refractivity contribution is 8.13. The van der Waals surface area contributed by atoms with Crippen molar-refractivity contribution in [3.8, 4) is 0 Å². The van der Waals surface area contributed by atoms with Gasteiger partial charge in [0.2, 0.25) is 0 Å². The Bertz CT molecular complexity index is 324. The largest absolute Gasteiger partial charge is 0.322 e. The van der Waals surface area contributed by atoms with Crippen molar-refractivity contribution in [3.63, 3.8) is 0 Å². The van der Waals surface area contributed by atoms with Gasteiger partial charge in [-0.2, -0.15) is 8.78 Å². The van der Waals surface area contributed by atoms with E-state index in [9.17, 15) is 13.6 Å². The molecule has 0 aliphatic rings. The topological polar surface area (TPSA) is 17.1 Å². The molecule has 1 rings (SSSR count). The van der Waals surface area contributed by atoms with E-state index in [4.69, 9.17) is 0 Å². The third kappa shape index (κ3) is 5.74. The van der Waals surface area contributed by atoms with Crippen molar-refractivity contribution >= 4 is 28.5 Å². The Hall–Kier alpha value is -0.610. The maximum absolute atomic E-state index is 12.2. The van der Waals surface area contributed by atoms with Crippen LogP contribution in [0, 0.1) is 0 Å². The minimum Gasteiger partial charge on any atom is -0.287 e. The summed E-state index contributed by atoms with van der Waals surface area (Å²) in [6, 6.07) is 8.89. The summed E-state index contributed by atoms with van der Waals surface area (Å²) in [6.07, 6.45) is -0.844. The van der Waals surface area contributed by atoms with Crippen LogP contribution in [0.15, 0.2) is 35.2 Å². The SMILES string of the molecule is O=C(CCC(F)(F)Cl)Sc1ccccc1. The van der Waals surface area contributed by atoms with Crippen molar-refractivity contribution < 1.29 is 13.6 Å². The van der Waals surface area contributed by atoms with Crippen LogP contribution in [0.25, 0.3) is 0 Å². The van der Waals surface area contributed by atoms with Gasteiger partial charge >= 0.3 is 5.38 Å². The van der Waals surface area contributed by atoms with E-state index in [1.165, 1.54) is 0 Å². The van der Waals surface area contributed by atoms with Gasteiger partial charge in [-0.1, -0.05) is 30.0 Å². The maximum Gasteiger partial charge on any atom is 0.322 e. The fourth-order valence-corrected chi connectivity index (χ4v) is 1.77. The van der Waals surface area contributed by atoms with E-state index in [2.05, 4.69) is 11.6 Å². The van der Waals surface area contributed by atoms with Crippen LogP contribution in [0.3, 0.4) is 0 Å². The predicted molar refractivity (Wildman–Crippen MR) is 57.3 cm³/mol. The van der Waals surface area contributed by atoms with Crippen LogP contribution in [-0.4, -0.2) is 10.5 Å². The summed E-state index contributed by atoms with van der Waals surface area (Å²) >= 11 is 5.64. The minimum atomic E-state index is -3.28. The molecule has 0 aromatic heterocycles. The molecule has 1 nitrogen and oxygen atoms in total. The summed E-state index contributed by atoms with van der Waals surface area (Å²) in [5.74, 6) is 0. The van der Waals surface area contributed by atoms with Gasteiger partial charge in [0.1, 0.15) is 0 Å². The van der Waals surface area contributed by atoms with Crippen LogP contribution in [0.2, 0.25) is 0 Å². The van der Waals surface area contributed by atoms with Gasteiger partial charge in [-0.25, -0.2) is 0 Å². The minimum absolute atomic E-state index is 0.226. The Labute approximate surface area is 95.8 Å². The van der Waals surface area contributed by atoms with Crippen LogP contribution in [0.4, 0.5) is 8.78 Å². The number of benzene rings is 1. The van der Waals surface area contributed by atoms with Crippen LogP contribution in [0.1, 0.15) is 12.8 Å². The second kappa shape index (κ2) is 5.47. The number of alkyl halides is 3. The molecule has 0 spiro atoms. The zero-order chi connectivity index (χ0) is 11.3. The molecule has 0 bridgehead atoms. The Morgan fingerprint density at radius 3 is 2.47 bits per heavy atom. The summed E-state index contributed by atoms with van der Waals surface area (Å²) in [6.45, 7) is 0. The van der Waals surface area contributed by atoms with Gasteiger partial charge in [0.15, 0.2) is 5.12 Å². The molecule has 82 valence electrons. The van der Waals surface area contributed by atoms with Crippen molar-refractivity contribution in [1.29, 1.82) is 0 Å². The van der Waals surface area contributed by atoms with Gasteiger partial charge in [0.05, 0.1) is 0 Å². The maximum atomic E-state index is 12.2. The normalized spacial score (nSPS) is 11.4. The lowest BCUT2D eigenvalue weighted by atomic mass is 10.3. The van der Waals surface area contributed by atoms with E-state index in [1.807, 2.05) is 6.07 Å². The van der Waals surface area contributed by atoms with Crippen molar-refractivity contribution in [2.45, 2.75) is 23.1 Å². The molecule has 1 aromatic rings. The van der Waals surface area contributed by atoms with E-state index < -0.39 is 11.8 Å². The first-order chi connectivity index (χ1) is 6.97. The average Bonchev–Trinajstić information content (AvgIpc) is 2.15. The molecule has 0 radical (unpaired) electrons. The van der Waals surface area contributed by atoms with Crippen molar-refractivity contribution in [3.05, 3.63) is 30.3 Å². The number of carbonyl (C=O) groups excluding carboxylic acids is 1. The Morgan fingerprint density at radius 2 is 1.93 bits per heavy atom. The molecule has 0 N–H and O–H groups in total.